The van der Waals surface area contributed by atoms with Crippen LogP contribution in [0.4, 0.5) is 4.39 Å². The van der Waals surface area contributed by atoms with Gasteiger partial charge < -0.3 is 5.11 Å². The van der Waals surface area contributed by atoms with E-state index in [9.17, 15) is 4.39 Å². The highest BCUT2D eigenvalue weighted by Crippen LogP contribution is 2.14. The van der Waals surface area contributed by atoms with E-state index < -0.39 is 12.1 Å². The van der Waals surface area contributed by atoms with Crippen LogP contribution in [0.5, 0.6) is 0 Å². The van der Waals surface area contributed by atoms with Gasteiger partial charge in [-0.3, -0.25) is 0 Å². The number of hydrogen-bond acceptors (Lipinski definition) is 2. The largest absolute Gasteiger partial charge is 0.393 e. The molecule has 0 saturated carbocycles. The van der Waals surface area contributed by atoms with Crippen LogP contribution < -0.4 is 0 Å². The van der Waals surface area contributed by atoms with Crippen LogP contribution in [0.15, 0.2) is 12.3 Å². The summed E-state index contributed by atoms with van der Waals surface area (Å²) in [6.45, 7) is 1.66. The first-order valence-corrected chi connectivity index (χ1v) is 4.45. The van der Waals surface area contributed by atoms with Crippen LogP contribution in [0, 0.1) is 5.95 Å². The maximum Gasteiger partial charge on any atom is 0.216 e. The van der Waals surface area contributed by atoms with Gasteiger partial charge in [-0.25, -0.2) is 4.98 Å². The first-order chi connectivity index (χ1) is 6.09. The monoisotopic (exact) mass is 203 g/mol. The number of rotatable bonds is 3. The molecule has 0 aromatic carbocycles. The van der Waals surface area contributed by atoms with Crippen molar-refractivity contribution in [1.82, 2.24) is 4.98 Å². The summed E-state index contributed by atoms with van der Waals surface area (Å²) in [6, 6.07) is 1.53. The normalized spacial score (nSPS) is 12.9. The molecule has 4 heteroatoms. The molecule has 0 aliphatic carbocycles. The molecule has 0 unspecified atom stereocenters. The fraction of sp³-hybridized carbons (Fsp3) is 0.444. The molecule has 1 aromatic rings. The Morgan fingerprint density at radius 2 is 2.38 bits per heavy atom. The summed E-state index contributed by atoms with van der Waals surface area (Å²) in [6.07, 6.45) is 1.80. The average molecular weight is 204 g/mol. The summed E-state index contributed by atoms with van der Waals surface area (Å²) in [4.78, 5) is 3.48. The Kier molecular flexibility index (Phi) is 3.63. The predicted octanol–water partition coefficient (Wildman–Crippen LogP) is 2.19. The molecule has 1 aromatic heterocycles. The Morgan fingerprint density at radius 3 is 3.00 bits per heavy atom. The van der Waals surface area contributed by atoms with Crippen molar-refractivity contribution in [2.75, 3.05) is 0 Å². The van der Waals surface area contributed by atoms with Gasteiger partial charge >= 0.3 is 0 Å². The van der Waals surface area contributed by atoms with Crippen molar-refractivity contribution < 1.29 is 9.50 Å². The Morgan fingerprint density at radius 1 is 1.69 bits per heavy atom. The molecule has 0 bridgehead atoms. The second-order valence-corrected chi connectivity index (χ2v) is 3.43. The average Bonchev–Trinajstić information content (AvgIpc) is 2.06. The molecule has 1 heterocycles. The lowest BCUT2D eigenvalue weighted by Crippen LogP contribution is -2.03. The van der Waals surface area contributed by atoms with E-state index in [1.165, 1.54) is 12.3 Å². The molecule has 1 N–H and O–H groups in total. The zero-order chi connectivity index (χ0) is 9.84. The zero-order valence-electron chi connectivity index (χ0n) is 7.30. The molecule has 0 fully saturated rings. The topological polar surface area (TPSA) is 33.1 Å². The van der Waals surface area contributed by atoms with E-state index in [4.69, 9.17) is 16.7 Å². The van der Waals surface area contributed by atoms with Crippen molar-refractivity contribution in [2.24, 2.45) is 0 Å². The van der Waals surface area contributed by atoms with Gasteiger partial charge in [0.05, 0.1) is 11.1 Å². The summed E-state index contributed by atoms with van der Waals surface area (Å²) in [5.74, 6) is -0.509. The van der Waals surface area contributed by atoms with Crippen molar-refractivity contribution in [2.45, 2.75) is 25.9 Å². The van der Waals surface area contributed by atoms with E-state index in [-0.39, 0.29) is 0 Å². The van der Waals surface area contributed by atoms with Crippen LogP contribution >= 0.6 is 11.6 Å². The predicted molar refractivity (Wildman–Crippen MR) is 49.2 cm³/mol. The van der Waals surface area contributed by atoms with Gasteiger partial charge in [-0.05, 0) is 25.8 Å². The fourth-order valence-electron chi connectivity index (χ4n) is 1.00. The van der Waals surface area contributed by atoms with Gasteiger partial charge in [0.2, 0.25) is 5.95 Å². The minimum absolute atomic E-state index is 0.419. The summed E-state index contributed by atoms with van der Waals surface area (Å²) in [7, 11) is 0. The highest BCUT2D eigenvalue weighted by molar-refractivity contribution is 6.30. The van der Waals surface area contributed by atoms with Gasteiger partial charge in [-0.15, -0.1) is 0 Å². The Hall–Kier alpha value is -0.670. The van der Waals surface area contributed by atoms with Crippen LogP contribution in [-0.2, 0) is 6.42 Å². The molecule has 0 aliphatic heterocycles. The third-order valence-corrected chi connectivity index (χ3v) is 1.92. The Balaban J connectivity index is 2.70. The molecule has 0 saturated heterocycles. The van der Waals surface area contributed by atoms with Gasteiger partial charge in [0.15, 0.2) is 0 Å². The van der Waals surface area contributed by atoms with Gasteiger partial charge in [-0.1, -0.05) is 11.6 Å². The van der Waals surface area contributed by atoms with Crippen molar-refractivity contribution in [3.63, 3.8) is 0 Å². The van der Waals surface area contributed by atoms with Gasteiger partial charge in [0.1, 0.15) is 0 Å². The number of halogens is 2. The maximum atomic E-state index is 13.0. The molecule has 1 atom stereocenters. The van der Waals surface area contributed by atoms with E-state index >= 15 is 0 Å². The highest BCUT2D eigenvalue weighted by Gasteiger charge is 2.05. The van der Waals surface area contributed by atoms with E-state index in [0.29, 0.717) is 23.4 Å². The standard InChI is InChI=1S/C9H11ClFNO/c1-6(13)2-3-7-4-8(10)5-12-9(7)11/h4-6,13H,2-3H2,1H3/t6-/m1/s1. The molecule has 0 amide bonds. The number of aliphatic hydroxyl groups excluding tert-OH is 1. The van der Waals surface area contributed by atoms with Crippen molar-refractivity contribution in [3.05, 3.63) is 28.8 Å². The number of aliphatic hydroxyl groups is 1. The van der Waals surface area contributed by atoms with E-state index in [1.54, 1.807) is 6.92 Å². The van der Waals surface area contributed by atoms with Crippen LogP contribution in [0.3, 0.4) is 0 Å². The molecule has 13 heavy (non-hydrogen) atoms. The zero-order valence-corrected chi connectivity index (χ0v) is 8.05. The lowest BCUT2D eigenvalue weighted by molar-refractivity contribution is 0.184. The molecule has 1 rings (SSSR count). The molecule has 0 aliphatic rings. The third kappa shape index (κ3) is 3.28. The third-order valence-electron chi connectivity index (χ3n) is 1.71. The van der Waals surface area contributed by atoms with Crippen molar-refractivity contribution in [3.8, 4) is 0 Å². The van der Waals surface area contributed by atoms with Crippen LogP contribution in [-0.4, -0.2) is 16.2 Å². The number of pyridine rings is 1. The second-order valence-electron chi connectivity index (χ2n) is 2.99. The SMILES string of the molecule is C[C@@H](O)CCc1cc(Cl)cnc1F. The van der Waals surface area contributed by atoms with E-state index in [1.807, 2.05) is 0 Å². The quantitative estimate of drug-likeness (QED) is 0.764. The Labute approximate surface area is 81.4 Å². The first kappa shape index (κ1) is 10.4. The minimum Gasteiger partial charge on any atom is -0.393 e. The van der Waals surface area contributed by atoms with E-state index in [0.717, 1.165) is 0 Å². The number of aromatic nitrogens is 1. The minimum atomic E-state index is -0.509. The van der Waals surface area contributed by atoms with Gasteiger partial charge in [0, 0.05) is 11.8 Å². The van der Waals surface area contributed by atoms with Gasteiger partial charge in [-0.2, -0.15) is 4.39 Å². The smallest absolute Gasteiger partial charge is 0.216 e. The number of aryl methyl sites for hydroxylation is 1. The molecule has 2 nitrogen and oxygen atoms in total. The molecular weight excluding hydrogens is 193 g/mol. The lowest BCUT2D eigenvalue weighted by Gasteiger charge is -2.04. The maximum absolute atomic E-state index is 13.0. The Bertz CT molecular complexity index is 291. The van der Waals surface area contributed by atoms with Crippen molar-refractivity contribution in [1.29, 1.82) is 0 Å². The van der Waals surface area contributed by atoms with E-state index in [2.05, 4.69) is 4.98 Å². The summed E-state index contributed by atoms with van der Waals surface area (Å²) < 4.78 is 13.0. The van der Waals surface area contributed by atoms with Crippen LogP contribution in [0.25, 0.3) is 0 Å². The number of nitrogens with zero attached hydrogens (tertiary/aromatic N) is 1. The lowest BCUT2D eigenvalue weighted by atomic mass is 10.1. The molecular formula is C9H11ClFNO. The van der Waals surface area contributed by atoms with Gasteiger partial charge in [0.25, 0.3) is 0 Å². The van der Waals surface area contributed by atoms with Crippen LogP contribution in [0.2, 0.25) is 5.02 Å². The summed E-state index contributed by atoms with van der Waals surface area (Å²) in [5, 5.41) is 9.42. The highest BCUT2D eigenvalue weighted by atomic mass is 35.5. The summed E-state index contributed by atoms with van der Waals surface area (Å²) >= 11 is 5.64. The summed E-state index contributed by atoms with van der Waals surface area (Å²) in [5.41, 5.74) is 0.452. The fourth-order valence-corrected chi connectivity index (χ4v) is 1.18. The first-order valence-electron chi connectivity index (χ1n) is 4.07. The molecule has 0 spiro atoms. The molecule has 0 radical (unpaired) electrons. The van der Waals surface area contributed by atoms with Crippen LogP contribution in [0.1, 0.15) is 18.9 Å². The number of hydrogen-bond donors (Lipinski definition) is 1. The molecule has 72 valence electrons. The second kappa shape index (κ2) is 4.53. The van der Waals surface area contributed by atoms with Crippen molar-refractivity contribution >= 4 is 11.6 Å².